The monoisotopic (exact) mass is 248 g/mol. The number of hydrogen-bond donors (Lipinski definition) is 2. The Hall–Kier alpha value is -1.88. The van der Waals surface area contributed by atoms with Crippen LogP contribution in [0.25, 0.3) is 0 Å². The number of rotatable bonds is 3. The van der Waals surface area contributed by atoms with Crippen molar-refractivity contribution in [3.8, 4) is 0 Å². The van der Waals surface area contributed by atoms with E-state index in [9.17, 15) is 9.59 Å². The molecule has 5 nitrogen and oxygen atoms in total. The number of hydrogen-bond acceptors (Lipinski definition) is 3. The predicted octanol–water partition coefficient (Wildman–Crippen LogP) is 1.52. The SMILES string of the molecule is O=C(O)c1cccc(C(=O)NN2CCCCC2)c1. The number of nitrogens with one attached hydrogen (secondary N) is 1. The molecule has 0 aliphatic carbocycles. The highest BCUT2D eigenvalue weighted by molar-refractivity contribution is 5.97. The molecule has 1 aliphatic heterocycles. The maximum absolute atomic E-state index is 11.9. The quantitative estimate of drug-likeness (QED) is 0.850. The van der Waals surface area contributed by atoms with Crippen LogP contribution in [0.15, 0.2) is 24.3 Å². The molecule has 0 bridgehead atoms. The molecule has 96 valence electrons. The lowest BCUT2D eigenvalue weighted by Crippen LogP contribution is -2.45. The molecule has 1 aromatic rings. The summed E-state index contributed by atoms with van der Waals surface area (Å²) in [5, 5.41) is 10.8. The Morgan fingerprint density at radius 3 is 2.44 bits per heavy atom. The maximum Gasteiger partial charge on any atom is 0.335 e. The van der Waals surface area contributed by atoms with E-state index in [1.807, 2.05) is 5.01 Å². The second-order valence-electron chi connectivity index (χ2n) is 4.37. The molecule has 1 heterocycles. The third-order valence-corrected chi connectivity index (χ3v) is 2.99. The van der Waals surface area contributed by atoms with Crippen molar-refractivity contribution in [1.29, 1.82) is 0 Å². The van der Waals surface area contributed by atoms with Crippen molar-refractivity contribution in [2.75, 3.05) is 13.1 Å². The van der Waals surface area contributed by atoms with Gasteiger partial charge in [0.05, 0.1) is 5.56 Å². The molecule has 0 aromatic heterocycles. The number of benzene rings is 1. The van der Waals surface area contributed by atoms with E-state index in [4.69, 9.17) is 5.11 Å². The second-order valence-corrected chi connectivity index (χ2v) is 4.37. The fourth-order valence-electron chi connectivity index (χ4n) is 2.01. The van der Waals surface area contributed by atoms with Crippen molar-refractivity contribution >= 4 is 11.9 Å². The molecule has 2 N–H and O–H groups in total. The van der Waals surface area contributed by atoms with Crippen LogP contribution in [0.3, 0.4) is 0 Å². The van der Waals surface area contributed by atoms with E-state index in [0.29, 0.717) is 5.56 Å². The molecule has 0 atom stereocenters. The summed E-state index contributed by atoms with van der Waals surface area (Å²) in [5.41, 5.74) is 3.30. The van der Waals surface area contributed by atoms with Crippen LogP contribution in [0, 0.1) is 0 Å². The van der Waals surface area contributed by atoms with Crippen LogP contribution in [0.4, 0.5) is 0 Å². The lowest BCUT2D eigenvalue weighted by atomic mass is 10.1. The number of nitrogens with zero attached hydrogens (tertiary/aromatic N) is 1. The normalized spacial score (nSPS) is 16.2. The molecule has 1 saturated heterocycles. The first kappa shape index (κ1) is 12.6. The summed E-state index contributed by atoms with van der Waals surface area (Å²) in [6, 6.07) is 6.06. The molecule has 2 rings (SSSR count). The Labute approximate surface area is 105 Å². The van der Waals surface area contributed by atoms with E-state index in [1.54, 1.807) is 12.1 Å². The second kappa shape index (κ2) is 5.64. The number of carbonyl (C=O) groups excluding carboxylic acids is 1. The maximum atomic E-state index is 11.9. The van der Waals surface area contributed by atoms with E-state index >= 15 is 0 Å². The first-order chi connectivity index (χ1) is 8.66. The van der Waals surface area contributed by atoms with Crippen LogP contribution in [-0.4, -0.2) is 35.1 Å². The summed E-state index contributed by atoms with van der Waals surface area (Å²) in [5.74, 6) is -1.28. The van der Waals surface area contributed by atoms with E-state index in [2.05, 4.69) is 5.43 Å². The molecular formula is C13H16N2O3. The Morgan fingerprint density at radius 1 is 1.11 bits per heavy atom. The highest BCUT2D eigenvalue weighted by Gasteiger charge is 2.15. The standard InChI is InChI=1S/C13H16N2O3/c16-12(14-15-7-2-1-3-8-15)10-5-4-6-11(9-10)13(17)18/h4-6,9H,1-3,7-8H2,(H,14,16)(H,17,18). The van der Waals surface area contributed by atoms with Gasteiger partial charge in [0, 0.05) is 18.7 Å². The number of aromatic carboxylic acids is 1. The number of piperidine rings is 1. The Kier molecular flexibility index (Phi) is 3.94. The molecule has 1 aromatic carbocycles. The number of carbonyl (C=O) groups is 2. The van der Waals surface area contributed by atoms with E-state index in [0.717, 1.165) is 25.9 Å². The molecule has 1 aliphatic rings. The largest absolute Gasteiger partial charge is 0.478 e. The molecule has 0 spiro atoms. The number of carboxylic acids is 1. The molecule has 0 radical (unpaired) electrons. The summed E-state index contributed by atoms with van der Waals surface area (Å²) in [4.78, 5) is 22.8. The van der Waals surface area contributed by atoms with E-state index < -0.39 is 5.97 Å². The molecule has 1 amide bonds. The first-order valence-corrected chi connectivity index (χ1v) is 6.06. The van der Waals surface area contributed by atoms with Crippen LogP contribution >= 0.6 is 0 Å². The summed E-state index contributed by atoms with van der Waals surface area (Å²) in [7, 11) is 0. The molecule has 5 heteroatoms. The zero-order chi connectivity index (χ0) is 13.0. The highest BCUT2D eigenvalue weighted by Crippen LogP contribution is 2.08. The van der Waals surface area contributed by atoms with Crippen molar-refractivity contribution in [3.05, 3.63) is 35.4 Å². The van der Waals surface area contributed by atoms with Gasteiger partial charge in [-0.15, -0.1) is 0 Å². The van der Waals surface area contributed by atoms with Crippen LogP contribution in [-0.2, 0) is 0 Å². The lowest BCUT2D eigenvalue weighted by Gasteiger charge is -2.26. The zero-order valence-electron chi connectivity index (χ0n) is 10.1. The molecule has 0 saturated carbocycles. The summed E-state index contributed by atoms with van der Waals surface area (Å²) >= 11 is 0. The molecule has 0 unspecified atom stereocenters. The minimum Gasteiger partial charge on any atom is -0.478 e. The summed E-state index contributed by atoms with van der Waals surface area (Å²) in [6.07, 6.45) is 3.35. The smallest absolute Gasteiger partial charge is 0.335 e. The molecule has 1 fully saturated rings. The number of amides is 1. The van der Waals surface area contributed by atoms with Crippen LogP contribution in [0.1, 0.15) is 40.0 Å². The Morgan fingerprint density at radius 2 is 1.78 bits per heavy atom. The van der Waals surface area contributed by atoms with Gasteiger partial charge >= 0.3 is 5.97 Å². The molecular weight excluding hydrogens is 232 g/mol. The van der Waals surface area contributed by atoms with Gasteiger partial charge in [0.15, 0.2) is 0 Å². The lowest BCUT2D eigenvalue weighted by molar-refractivity contribution is 0.0697. The van der Waals surface area contributed by atoms with Crippen molar-refractivity contribution in [2.24, 2.45) is 0 Å². The fourth-order valence-corrected chi connectivity index (χ4v) is 2.01. The van der Waals surface area contributed by atoms with Gasteiger partial charge in [-0.3, -0.25) is 10.2 Å². The third kappa shape index (κ3) is 3.07. The fraction of sp³-hybridized carbons (Fsp3) is 0.385. The van der Waals surface area contributed by atoms with Crippen molar-refractivity contribution in [3.63, 3.8) is 0 Å². The van der Waals surface area contributed by atoms with Crippen molar-refractivity contribution in [2.45, 2.75) is 19.3 Å². The number of hydrazine groups is 1. The average Bonchev–Trinajstić information content (AvgIpc) is 2.40. The number of carboxylic acid groups (broad SMARTS) is 1. The zero-order valence-corrected chi connectivity index (χ0v) is 10.1. The van der Waals surface area contributed by atoms with Crippen LogP contribution in [0.2, 0.25) is 0 Å². The van der Waals surface area contributed by atoms with Crippen molar-refractivity contribution in [1.82, 2.24) is 10.4 Å². The van der Waals surface area contributed by atoms with Crippen LogP contribution in [0.5, 0.6) is 0 Å². The van der Waals surface area contributed by atoms with Crippen molar-refractivity contribution < 1.29 is 14.7 Å². The van der Waals surface area contributed by atoms with Crippen LogP contribution < -0.4 is 5.43 Å². The van der Waals surface area contributed by atoms with Gasteiger partial charge in [0.2, 0.25) is 0 Å². The minimum absolute atomic E-state index is 0.126. The minimum atomic E-state index is -1.03. The van der Waals surface area contributed by atoms with Gasteiger partial charge in [-0.25, -0.2) is 9.80 Å². The Balaban J connectivity index is 2.03. The van der Waals surface area contributed by atoms with Gasteiger partial charge in [0.25, 0.3) is 5.91 Å². The van der Waals surface area contributed by atoms with Gasteiger partial charge in [-0.2, -0.15) is 0 Å². The van der Waals surface area contributed by atoms with Gasteiger partial charge in [0.1, 0.15) is 0 Å². The highest BCUT2D eigenvalue weighted by atomic mass is 16.4. The molecule has 18 heavy (non-hydrogen) atoms. The predicted molar refractivity (Wildman–Crippen MR) is 66.3 cm³/mol. The first-order valence-electron chi connectivity index (χ1n) is 6.06. The Bertz CT molecular complexity index is 453. The van der Waals surface area contributed by atoms with Gasteiger partial charge < -0.3 is 5.11 Å². The van der Waals surface area contributed by atoms with E-state index in [1.165, 1.54) is 18.6 Å². The topological polar surface area (TPSA) is 69.6 Å². The van der Waals surface area contributed by atoms with E-state index in [-0.39, 0.29) is 11.5 Å². The average molecular weight is 248 g/mol. The summed E-state index contributed by atoms with van der Waals surface area (Å²) in [6.45, 7) is 1.70. The van der Waals surface area contributed by atoms with Gasteiger partial charge in [-0.1, -0.05) is 12.5 Å². The third-order valence-electron chi connectivity index (χ3n) is 2.99. The van der Waals surface area contributed by atoms with Gasteiger partial charge in [-0.05, 0) is 31.0 Å². The summed E-state index contributed by atoms with van der Waals surface area (Å²) < 4.78 is 0.